The Hall–Kier alpha value is -3.55. The zero-order chi connectivity index (χ0) is 20.3. The number of ether oxygens (including phenoxy) is 1. The van der Waals surface area contributed by atoms with Gasteiger partial charge >= 0.3 is 12.1 Å². The minimum absolute atomic E-state index is 0.405. The molecule has 3 N–H and O–H groups in total. The van der Waals surface area contributed by atoms with Gasteiger partial charge in [0.25, 0.3) is 5.91 Å². The first-order chi connectivity index (χ1) is 13.5. The molecule has 0 saturated carbocycles. The Balaban J connectivity index is 2.13. The molecule has 8 heteroatoms. The van der Waals surface area contributed by atoms with Gasteiger partial charge in [-0.15, -0.1) is 0 Å². The molecule has 0 radical (unpaired) electrons. The average molecular weight is 382 g/mol. The third-order valence-corrected chi connectivity index (χ3v) is 4.74. The highest BCUT2D eigenvalue weighted by atomic mass is 16.5. The van der Waals surface area contributed by atoms with Crippen LogP contribution in [0.15, 0.2) is 48.5 Å². The van der Waals surface area contributed by atoms with Crippen LogP contribution in [0.3, 0.4) is 0 Å². The number of rotatable bonds is 4. The number of carbonyl (C=O) groups excluding carboxylic acids is 3. The van der Waals surface area contributed by atoms with E-state index < -0.39 is 30.1 Å². The molecular weight excluding hydrogens is 360 g/mol. The van der Waals surface area contributed by atoms with E-state index in [9.17, 15) is 14.4 Å². The van der Waals surface area contributed by atoms with Gasteiger partial charge in [0.1, 0.15) is 5.75 Å². The largest absolute Gasteiger partial charge is 0.497 e. The van der Waals surface area contributed by atoms with Crippen molar-refractivity contribution < 1.29 is 19.1 Å². The summed E-state index contributed by atoms with van der Waals surface area (Å²) in [6.07, 6.45) is 0. The minimum Gasteiger partial charge on any atom is -0.497 e. The number of imide groups is 1. The summed E-state index contributed by atoms with van der Waals surface area (Å²) in [7, 11) is 4.53. The Morgan fingerprint density at radius 3 is 2.32 bits per heavy atom. The second kappa shape index (κ2) is 7.99. The first kappa shape index (κ1) is 19.2. The van der Waals surface area contributed by atoms with E-state index >= 15 is 0 Å². The van der Waals surface area contributed by atoms with Gasteiger partial charge < -0.3 is 20.7 Å². The molecule has 0 aliphatic carbocycles. The van der Waals surface area contributed by atoms with Crippen LogP contribution in [-0.2, 0) is 0 Å². The molecule has 3 rings (SSSR count). The van der Waals surface area contributed by atoms with Gasteiger partial charge in [-0.3, -0.25) is 9.69 Å². The van der Waals surface area contributed by atoms with E-state index in [1.54, 1.807) is 55.6 Å². The van der Waals surface area contributed by atoms with Crippen molar-refractivity contribution in [1.82, 2.24) is 20.9 Å². The molecule has 1 aliphatic heterocycles. The zero-order valence-electron chi connectivity index (χ0n) is 15.9. The molecule has 1 aliphatic rings. The highest BCUT2D eigenvalue weighted by Gasteiger charge is 2.45. The van der Waals surface area contributed by atoms with Crippen molar-refractivity contribution in [1.29, 1.82) is 0 Å². The molecule has 0 saturated heterocycles. The number of carbonyl (C=O) groups is 3. The number of methoxy groups -OCH3 is 1. The standard InChI is InChI=1S/C20H22N4O4/c1-21-19(26)23-16(12-8-10-13(28-3)11-9-12)17-14-6-4-5-7-15(14)18(25)24(17)20(27)22-2/h4-11,16-17H,1-3H3,(H,22,27)(H2,21,23,26). The van der Waals surface area contributed by atoms with Crippen molar-refractivity contribution >= 4 is 18.0 Å². The SMILES string of the molecule is CNC(=O)NC(c1ccc(OC)cc1)C1c2ccccc2C(=O)N1C(=O)NC. The first-order valence-corrected chi connectivity index (χ1v) is 8.78. The Morgan fingerprint density at radius 1 is 1.04 bits per heavy atom. The predicted octanol–water partition coefficient (Wildman–Crippen LogP) is 2.20. The lowest BCUT2D eigenvalue weighted by atomic mass is 9.93. The molecule has 5 amide bonds. The molecule has 0 aromatic heterocycles. The number of hydrogen-bond acceptors (Lipinski definition) is 4. The molecule has 2 aromatic rings. The number of amides is 5. The van der Waals surface area contributed by atoms with Gasteiger partial charge in [-0.25, -0.2) is 9.59 Å². The zero-order valence-corrected chi connectivity index (χ0v) is 15.9. The molecule has 0 bridgehead atoms. The third-order valence-electron chi connectivity index (χ3n) is 4.74. The van der Waals surface area contributed by atoms with Gasteiger partial charge in [0.05, 0.1) is 19.2 Å². The van der Waals surface area contributed by atoms with Gasteiger partial charge in [-0.05, 0) is 29.3 Å². The second-order valence-electron chi connectivity index (χ2n) is 6.24. The lowest BCUT2D eigenvalue weighted by molar-refractivity contribution is 0.0756. The van der Waals surface area contributed by atoms with E-state index in [2.05, 4.69) is 16.0 Å². The van der Waals surface area contributed by atoms with Gasteiger partial charge in [0.2, 0.25) is 0 Å². The van der Waals surface area contributed by atoms with Crippen molar-refractivity contribution in [2.45, 2.75) is 12.1 Å². The summed E-state index contributed by atoms with van der Waals surface area (Å²) in [5.74, 6) is 0.255. The maximum absolute atomic E-state index is 12.9. The van der Waals surface area contributed by atoms with E-state index in [4.69, 9.17) is 4.74 Å². The molecule has 2 unspecified atom stereocenters. The van der Waals surface area contributed by atoms with Crippen molar-refractivity contribution in [3.05, 3.63) is 65.2 Å². The molecule has 8 nitrogen and oxygen atoms in total. The van der Waals surface area contributed by atoms with E-state index in [1.807, 2.05) is 0 Å². The smallest absolute Gasteiger partial charge is 0.324 e. The summed E-state index contributed by atoms with van der Waals surface area (Å²) in [5.41, 5.74) is 1.84. The number of benzene rings is 2. The number of nitrogens with one attached hydrogen (secondary N) is 3. The minimum atomic E-state index is -0.700. The molecule has 1 heterocycles. The van der Waals surface area contributed by atoms with Crippen LogP contribution in [0.2, 0.25) is 0 Å². The summed E-state index contributed by atoms with van der Waals surface area (Å²) in [6, 6.07) is 11.8. The summed E-state index contributed by atoms with van der Waals surface area (Å²) < 4.78 is 5.20. The molecule has 0 fully saturated rings. The highest BCUT2D eigenvalue weighted by molar-refractivity contribution is 6.08. The predicted molar refractivity (Wildman–Crippen MR) is 103 cm³/mol. The average Bonchev–Trinajstić information content (AvgIpc) is 3.04. The number of nitrogens with zero attached hydrogens (tertiary/aromatic N) is 1. The van der Waals surface area contributed by atoms with Crippen LogP contribution in [0.1, 0.15) is 33.6 Å². The van der Waals surface area contributed by atoms with Crippen LogP contribution < -0.4 is 20.7 Å². The van der Waals surface area contributed by atoms with Gasteiger partial charge in [-0.1, -0.05) is 30.3 Å². The van der Waals surface area contributed by atoms with E-state index in [0.717, 1.165) is 10.5 Å². The summed E-state index contributed by atoms with van der Waals surface area (Å²) >= 11 is 0. The Morgan fingerprint density at radius 2 is 1.71 bits per heavy atom. The molecule has 2 atom stereocenters. The van der Waals surface area contributed by atoms with Crippen molar-refractivity contribution in [2.75, 3.05) is 21.2 Å². The highest BCUT2D eigenvalue weighted by Crippen LogP contribution is 2.42. The van der Waals surface area contributed by atoms with Gasteiger partial charge in [0.15, 0.2) is 0 Å². The quantitative estimate of drug-likeness (QED) is 0.755. The summed E-state index contributed by atoms with van der Waals surface area (Å²) in [4.78, 5) is 38.8. The Labute approximate surface area is 162 Å². The fraction of sp³-hybridized carbons (Fsp3) is 0.250. The van der Waals surface area contributed by atoms with Gasteiger partial charge in [-0.2, -0.15) is 0 Å². The first-order valence-electron chi connectivity index (χ1n) is 8.78. The molecule has 146 valence electrons. The third kappa shape index (κ3) is 3.36. The second-order valence-corrected chi connectivity index (χ2v) is 6.24. The van der Waals surface area contributed by atoms with Crippen LogP contribution in [0.4, 0.5) is 9.59 Å². The number of hydrogen-bond donors (Lipinski definition) is 3. The van der Waals surface area contributed by atoms with Crippen LogP contribution >= 0.6 is 0 Å². The van der Waals surface area contributed by atoms with Crippen LogP contribution in [-0.4, -0.2) is 44.1 Å². The number of fused-ring (bicyclic) bond motifs is 1. The fourth-order valence-electron chi connectivity index (χ4n) is 3.38. The van der Waals surface area contributed by atoms with Crippen molar-refractivity contribution in [2.24, 2.45) is 0 Å². The van der Waals surface area contributed by atoms with Crippen molar-refractivity contribution in [3.63, 3.8) is 0 Å². The number of urea groups is 2. The molecule has 0 spiro atoms. The maximum Gasteiger partial charge on any atom is 0.324 e. The fourth-order valence-corrected chi connectivity index (χ4v) is 3.38. The molecular formula is C20H22N4O4. The maximum atomic E-state index is 12.9. The summed E-state index contributed by atoms with van der Waals surface area (Å²) in [5, 5.41) is 7.91. The molecule has 28 heavy (non-hydrogen) atoms. The van der Waals surface area contributed by atoms with E-state index in [-0.39, 0.29) is 0 Å². The Kier molecular flexibility index (Phi) is 5.49. The van der Waals surface area contributed by atoms with Crippen LogP contribution in [0, 0.1) is 0 Å². The van der Waals surface area contributed by atoms with E-state index in [0.29, 0.717) is 16.9 Å². The monoisotopic (exact) mass is 382 g/mol. The van der Waals surface area contributed by atoms with Crippen LogP contribution in [0.25, 0.3) is 0 Å². The summed E-state index contributed by atoms with van der Waals surface area (Å²) in [6.45, 7) is 0. The lowest BCUT2D eigenvalue weighted by Crippen LogP contribution is -2.47. The lowest BCUT2D eigenvalue weighted by Gasteiger charge is -2.31. The Bertz CT molecular complexity index is 897. The topological polar surface area (TPSA) is 99.8 Å². The van der Waals surface area contributed by atoms with Crippen LogP contribution in [0.5, 0.6) is 5.75 Å². The molecule has 2 aromatic carbocycles. The van der Waals surface area contributed by atoms with Crippen molar-refractivity contribution in [3.8, 4) is 5.75 Å². The van der Waals surface area contributed by atoms with Gasteiger partial charge in [0, 0.05) is 19.7 Å². The normalized spacial score (nSPS) is 16.2. The van der Waals surface area contributed by atoms with E-state index in [1.165, 1.54) is 14.1 Å².